The number of carbonyl (C=O) groups is 1. The second-order valence-corrected chi connectivity index (χ2v) is 13.7. The third-order valence-electron chi connectivity index (χ3n) is 9.65. The Balaban J connectivity index is 1.50. The van der Waals surface area contributed by atoms with Crippen LogP contribution in [0, 0.1) is 17.2 Å². The Morgan fingerprint density at radius 3 is 2.45 bits per heavy atom. The first-order valence-electron chi connectivity index (χ1n) is 14.8. The molecule has 2 saturated heterocycles. The summed E-state index contributed by atoms with van der Waals surface area (Å²) in [6.07, 6.45) is 2.99. The van der Waals surface area contributed by atoms with Gasteiger partial charge in [-0.25, -0.2) is 9.18 Å². The fourth-order valence-electron chi connectivity index (χ4n) is 7.91. The molecule has 0 saturated carbocycles. The molecule has 11 heteroatoms. The number of nitrogens with zero attached hydrogens (tertiary/aromatic N) is 5. The van der Waals surface area contributed by atoms with Gasteiger partial charge in [-0.15, -0.1) is 10.2 Å². The fourth-order valence-corrected chi connectivity index (χ4v) is 7.91. The van der Waals surface area contributed by atoms with E-state index >= 15 is 4.39 Å². The number of methoxy groups -OCH3 is 1. The summed E-state index contributed by atoms with van der Waals surface area (Å²) in [6, 6.07) is 9.57. The lowest BCUT2D eigenvalue weighted by atomic mass is 9.62. The van der Waals surface area contributed by atoms with Crippen molar-refractivity contribution in [3.8, 4) is 28.1 Å². The van der Waals surface area contributed by atoms with Gasteiger partial charge in [0.2, 0.25) is 0 Å². The van der Waals surface area contributed by atoms with Crippen molar-refractivity contribution in [3.63, 3.8) is 0 Å². The molecule has 10 nitrogen and oxygen atoms in total. The summed E-state index contributed by atoms with van der Waals surface area (Å²) in [5.41, 5.74) is 0.0128. The highest BCUT2D eigenvalue weighted by Crippen LogP contribution is 2.58. The van der Waals surface area contributed by atoms with E-state index in [0.717, 1.165) is 12.8 Å². The molecule has 1 amide bonds. The van der Waals surface area contributed by atoms with Crippen molar-refractivity contribution in [1.29, 1.82) is 0 Å². The molecular weight excluding hydrogens is 565 g/mol. The van der Waals surface area contributed by atoms with Crippen molar-refractivity contribution in [1.82, 2.24) is 19.7 Å². The van der Waals surface area contributed by atoms with Gasteiger partial charge >= 0.3 is 6.09 Å². The lowest BCUT2D eigenvalue weighted by Gasteiger charge is -2.59. The van der Waals surface area contributed by atoms with Crippen LogP contribution in [0.2, 0.25) is 0 Å². The van der Waals surface area contributed by atoms with Gasteiger partial charge in [0.05, 0.1) is 5.69 Å². The topological polar surface area (TPSA) is 110 Å². The van der Waals surface area contributed by atoms with Crippen molar-refractivity contribution in [2.24, 2.45) is 18.4 Å². The largest absolute Gasteiger partial charge is 0.467 e. The number of pyridine rings is 1. The maximum atomic E-state index is 15.5. The second kappa shape index (κ2) is 11.2. The molecule has 4 atom stereocenters. The van der Waals surface area contributed by atoms with Crippen LogP contribution in [-0.4, -0.2) is 68.9 Å². The van der Waals surface area contributed by atoms with E-state index in [-0.39, 0.29) is 35.3 Å². The summed E-state index contributed by atoms with van der Waals surface area (Å²) in [4.78, 5) is 28.5. The van der Waals surface area contributed by atoms with Crippen LogP contribution in [0.25, 0.3) is 22.4 Å². The minimum Gasteiger partial charge on any atom is -0.467 e. The van der Waals surface area contributed by atoms with E-state index in [1.54, 1.807) is 36.3 Å². The molecule has 0 aliphatic carbocycles. The zero-order chi connectivity index (χ0) is 32.2. The van der Waals surface area contributed by atoms with Gasteiger partial charge < -0.3 is 24.0 Å². The molecule has 5 rings (SSSR count). The van der Waals surface area contributed by atoms with Gasteiger partial charge in [0.25, 0.3) is 5.56 Å². The van der Waals surface area contributed by atoms with Crippen LogP contribution in [0.15, 0.2) is 47.4 Å². The Labute approximate surface area is 257 Å². The Morgan fingerprint density at radius 2 is 1.86 bits per heavy atom. The zero-order valence-corrected chi connectivity index (χ0v) is 26.7. The first-order valence-corrected chi connectivity index (χ1v) is 14.8. The maximum absolute atomic E-state index is 15.5. The Hall–Kier alpha value is -3.99. The number of carboxylic acid groups (broad SMARTS) is 1. The Morgan fingerprint density at radius 1 is 1.14 bits per heavy atom. The number of aryl methyl sites for hydroxylation is 1. The number of anilines is 1. The van der Waals surface area contributed by atoms with E-state index in [4.69, 9.17) is 9.47 Å². The van der Waals surface area contributed by atoms with E-state index in [1.165, 1.54) is 23.8 Å². The van der Waals surface area contributed by atoms with Gasteiger partial charge in [-0.1, -0.05) is 20.8 Å². The summed E-state index contributed by atoms with van der Waals surface area (Å²) in [5, 5.41) is 19.3. The van der Waals surface area contributed by atoms with E-state index in [2.05, 4.69) is 42.8 Å². The Bertz CT molecular complexity index is 1620. The highest BCUT2D eigenvalue weighted by molar-refractivity contribution is 5.75. The third-order valence-corrected chi connectivity index (χ3v) is 9.65. The number of hydrogen-bond donors (Lipinski definition) is 1. The number of rotatable bonds is 7. The number of ether oxygens (including phenoxy) is 2. The van der Waals surface area contributed by atoms with Crippen LogP contribution in [-0.2, 0) is 11.8 Å². The SMILES string of the molecule is COCOc1cc(-c2ccn(C)c(=O)c2)c(F)cc1-c1ccc(N(C)[C@H]2C[C@]3(C)CC[C@](C)(C2C(C)(C)C)N3C(=O)O)nn1. The minimum absolute atomic E-state index is 0.0131. The zero-order valence-electron chi connectivity index (χ0n) is 26.7. The van der Waals surface area contributed by atoms with Gasteiger partial charge in [0, 0.05) is 67.6 Å². The molecule has 2 bridgehead atoms. The van der Waals surface area contributed by atoms with Crippen molar-refractivity contribution in [2.45, 2.75) is 71.0 Å². The maximum Gasteiger partial charge on any atom is 0.408 e. The van der Waals surface area contributed by atoms with Crippen LogP contribution in [0.4, 0.5) is 15.0 Å². The summed E-state index contributed by atoms with van der Waals surface area (Å²) in [6.45, 7) is 10.6. The minimum atomic E-state index is -0.869. The number of benzene rings is 1. The van der Waals surface area contributed by atoms with Crippen molar-refractivity contribution in [2.75, 3.05) is 25.9 Å². The van der Waals surface area contributed by atoms with E-state index in [1.807, 2.05) is 20.0 Å². The molecule has 0 spiro atoms. The molecule has 3 aromatic rings. The van der Waals surface area contributed by atoms with Gasteiger partial charge in [-0.05, 0) is 74.4 Å². The second-order valence-electron chi connectivity index (χ2n) is 13.7. The highest BCUT2D eigenvalue weighted by Gasteiger charge is 2.65. The lowest BCUT2D eigenvalue weighted by Crippen LogP contribution is -2.69. The fraction of sp³-hybridized carbons (Fsp3) is 0.515. The average molecular weight is 608 g/mol. The van der Waals surface area contributed by atoms with Crippen LogP contribution in [0.5, 0.6) is 5.75 Å². The van der Waals surface area contributed by atoms with Crippen LogP contribution >= 0.6 is 0 Å². The summed E-state index contributed by atoms with van der Waals surface area (Å²) in [7, 11) is 5.11. The summed E-state index contributed by atoms with van der Waals surface area (Å²) in [5.74, 6) is 0.473. The van der Waals surface area contributed by atoms with E-state index in [0.29, 0.717) is 34.8 Å². The number of hydrogen-bond acceptors (Lipinski definition) is 7. The number of piperidine rings is 1. The van der Waals surface area contributed by atoms with Crippen LogP contribution in [0.1, 0.15) is 53.9 Å². The Kier molecular flexibility index (Phi) is 7.99. The molecule has 1 N–H and O–H groups in total. The smallest absolute Gasteiger partial charge is 0.408 e. The first-order chi connectivity index (χ1) is 20.6. The van der Waals surface area contributed by atoms with Crippen molar-refractivity contribution >= 4 is 11.9 Å². The highest BCUT2D eigenvalue weighted by atomic mass is 19.1. The van der Waals surface area contributed by atoms with Crippen molar-refractivity contribution in [3.05, 3.63) is 58.8 Å². The van der Waals surface area contributed by atoms with E-state index in [9.17, 15) is 14.7 Å². The standard InChI is InChI=1S/C33H42FN5O5/c1-31(2,3)29-25(18-32(4)12-13-33(29,5)39(32)30(41)42)38(7)27-10-9-24(35-36-27)22-16-23(34)21(17-26(22)44-19-43-8)20-11-14-37(6)28(40)15-20/h9-11,14-17,25,29H,12-13,18-19H2,1-8H3,(H,41,42)/t25-,29?,32-,33+/m0/s1. The molecule has 2 aromatic heterocycles. The molecule has 44 heavy (non-hydrogen) atoms. The number of halogens is 1. The monoisotopic (exact) mass is 607 g/mol. The average Bonchev–Trinajstić information content (AvgIpc) is 3.15. The van der Waals surface area contributed by atoms with E-state index < -0.39 is 23.0 Å². The number of aromatic nitrogens is 3. The number of fused-ring (bicyclic) bond motifs is 2. The predicted octanol–water partition coefficient (Wildman–Crippen LogP) is 5.79. The molecule has 236 valence electrons. The van der Waals surface area contributed by atoms with Crippen LogP contribution < -0.4 is 15.2 Å². The quantitative estimate of drug-likeness (QED) is 0.336. The molecular formula is C33H42FN5O5. The lowest BCUT2D eigenvalue weighted by molar-refractivity contribution is -0.0615. The van der Waals surface area contributed by atoms with Gasteiger partial charge in [-0.2, -0.15) is 0 Å². The molecule has 1 unspecified atom stereocenters. The van der Waals surface area contributed by atoms with Gasteiger partial charge in [0.1, 0.15) is 11.6 Å². The predicted molar refractivity (Wildman–Crippen MR) is 166 cm³/mol. The van der Waals surface area contributed by atoms with Crippen molar-refractivity contribution < 1.29 is 23.8 Å². The first kappa shape index (κ1) is 31.4. The van der Waals surface area contributed by atoms with Gasteiger partial charge in [-0.3, -0.25) is 9.69 Å². The third kappa shape index (κ3) is 5.31. The normalized spacial score (nSPS) is 24.8. The molecule has 0 radical (unpaired) electrons. The molecule has 1 aromatic carbocycles. The van der Waals surface area contributed by atoms with Gasteiger partial charge in [0.15, 0.2) is 12.6 Å². The molecule has 2 aliphatic rings. The molecule has 2 aliphatic heterocycles. The van der Waals surface area contributed by atoms with Crippen LogP contribution in [0.3, 0.4) is 0 Å². The molecule has 2 fully saturated rings. The summed E-state index contributed by atoms with van der Waals surface area (Å²) >= 11 is 0. The molecule has 4 heterocycles. The number of amides is 1. The summed E-state index contributed by atoms with van der Waals surface area (Å²) < 4.78 is 27.8.